The van der Waals surface area contributed by atoms with Crippen molar-refractivity contribution in [2.75, 3.05) is 12.4 Å². The smallest absolute Gasteiger partial charge is 0.411 e. The normalized spacial score (nSPS) is 10.0. The zero-order chi connectivity index (χ0) is 16.8. The number of hydrogen-bond donors (Lipinski definition) is 2. The van der Waals surface area contributed by atoms with Crippen LogP contribution in [0.15, 0.2) is 42.5 Å². The van der Waals surface area contributed by atoms with Gasteiger partial charge in [-0.05, 0) is 58.5 Å². The van der Waals surface area contributed by atoms with E-state index in [1.807, 2.05) is 22.6 Å². The molecule has 0 aliphatic heterocycles. The molecule has 0 aromatic heterocycles. The summed E-state index contributed by atoms with van der Waals surface area (Å²) in [6, 6.07) is 11.0. The molecule has 5 nitrogen and oxygen atoms in total. The molecule has 23 heavy (non-hydrogen) atoms. The molecule has 2 rings (SSSR count). The number of hydrogen-bond acceptors (Lipinski definition) is 3. The molecule has 2 amide bonds. The lowest BCUT2D eigenvalue weighted by atomic mass is 10.2. The number of carbonyl (C=O) groups excluding carboxylic acids is 2. The summed E-state index contributed by atoms with van der Waals surface area (Å²) in [6.07, 6.45) is -0.545. The highest BCUT2D eigenvalue weighted by Crippen LogP contribution is 2.14. The maximum absolute atomic E-state index is 13.0. The average Bonchev–Trinajstić information content (AvgIpc) is 2.53. The van der Waals surface area contributed by atoms with Gasteiger partial charge in [0, 0.05) is 15.8 Å². The highest BCUT2D eigenvalue weighted by Gasteiger charge is 2.10. The first kappa shape index (κ1) is 17.2. The Bertz CT molecular complexity index is 720. The highest BCUT2D eigenvalue weighted by molar-refractivity contribution is 14.1. The molecule has 0 unspecified atom stereocenters. The van der Waals surface area contributed by atoms with Gasteiger partial charge in [0.2, 0.25) is 0 Å². The van der Waals surface area contributed by atoms with Crippen LogP contribution >= 0.6 is 22.6 Å². The summed E-state index contributed by atoms with van der Waals surface area (Å²) < 4.78 is 18.1. The molecule has 7 heteroatoms. The van der Waals surface area contributed by atoms with Crippen LogP contribution in [0.2, 0.25) is 0 Å². The minimum absolute atomic E-state index is 0.272. The van der Waals surface area contributed by atoms with E-state index in [9.17, 15) is 14.0 Å². The van der Waals surface area contributed by atoms with Crippen LogP contribution in [-0.2, 0) is 11.3 Å². The van der Waals surface area contributed by atoms with Gasteiger partial charge >= 0.3 is 6.09 Å². The third-order valence-corrected chi connectivity index (χ3v) is 3.91. The summed E-state index contributed by atoms with van der Waals surface area (Å²) in [7, 11) is 1.29. The van der Waals surface area contributed by atoms with E-state index in [0.29, 0.717) is 21.4 Å². The van der Waals surface area contributed by atoms with E-state index in [4.69, 9.17) is 0 Å². The standard InChI is InChI=1S/C16H14FIN2O3/c1-23-16(22)20-12-5-2-10(3-6-12)9-19-15(21)13-7-4-11(17)8-14(13)18/h2-8H,9H2,1H3,(H,19,21)(H,20,22). The molecular weight excluding hydrogens is 414 g/mol. The van der Waals surface area contributed by atoms with Crippen LogP contribution in [-0.4, -0.2) is 19.1 Å². The number of methoxy groups -OCH3 is 1. The zero-order valence-corrected chi connectivity index (χ0v) is 14.4. The maximum atomic E-state index is 13.0. The SMILES string of the molecule is COC(=O)Nc1ccc(CNC(=O)c2ccc(F)cc2I)cc1. The van der Waals surface area contributed by atoms with E-state index in [-0.39, 0.29) is 11.7 Å². The molecule has 2 aromatic rings. The lowest BCUT2D eigenvalue weighted by Gasteiger charge is -2.08. The summed E-state index contributed by atoms with van der Waals surface area (Å²) in [5.74, 6) is -0.647. The second-order valence-corrected chi connectivity index (χ2v) is 5.78. The van der Waals surface area contributed by atoms with Crippen LogP contribution in [0.5, 0.6) is 0 Å². The molecule has 0 saturated heterocycles. The summed E-state index contributed by atoms with van der Waals surface area (Å²) in [4.78, 5) is 23.2. The fourth-order valence-corrected chi connectivity index (χ4v) is 2.55. The van der Waals surface area contributed by atoms with Crippen molar-refractivity contribution in [1.29, 1.82) is 0 Å². The number of rotatable bonds is 4. The monoisotopic (exact) mass is 428 g/mol. The topological polar surface area (TPSA) is 67.4 Å². The first-order valence-electron chi connectivity index (χ1n) is 6.67. The lowest BCUT2D eigenvalue weighted by molar-refractivity contribution is 0.0950. The summed E-state index contributed by atoms with van der Waals surface area (Å²) in [6.45, 7) is 0.324. The van der Waals surface area contributed by atoms with Gasteiger partial charge in [-0.2, -0.15) is 0 Å². The van der Waals surface area contributed by atoms with Crippen LogP contribution in [0, 0.1) is 9.39 Å². The third-order valence-electron chi connectivity index (χ3n) is 3.01. The van der Waals surface area contributed by atoms with E-state index in [0.717, 1.165) is 5.56 Å². The van der Waals surface area contributed by atoms with Crippen LogP contribution in [0.25, 0.3) is 0 Å². The van der Waals surface area contributed by atoms with Crippen molar-refractivity contribution in [3.63, 3.8) is 0 Å². The van der Waals surface area contributed by atoms with Crippen molar-refractivity contribution in [1.82, 2.24) is 5.32 Å². The quantitative estimate of drug-likeness (QED) is 0.733. The number of nitrogens with one attached hydrogen (secondary N) is 2. The van der Waals surface area contributed by atoms with Gasteiger partial charge in [-0.3, -0.25) is 10.1 Å². The van der Waals surface area contributed by atoms with E-state index in [2.05, 4.69) is 15.4 Å². The minimum Gasteiger partial charge on any atom is -0.453 e. The Morgan fingerprint density at radius 1 is 1.17 bits per heavy atom. The predicted octanol–water partition coefficient (Wildman–Crippen LogP) is 3.54. The second-order valence-electron chi connectivity index (χ2n) is 4.62. The van der Waals surface area contributed by atoms with Crippen molar-refractivity contribution in [3.05, 3.63) is 63.0 Å². The van der Waals surface area contributed by atoms with Gasteiger partial charge in [0.05, 0.1) is 12.7 Å². The predicted molar refractivity (Wildman–Crippen MR) is 92.8 cm³/mol. The highest BCUT2D eigenvalue weighted by atomic mass is 127. The van der Waals surface area contributed by atoms with Crippen LogP contribution < -0.4 is 10.6 Å². The van der Waals surface area contributed by atoms with E-state index >= 15 is 0 Å². The van der Waals surface area contributed by atoms with E-state index < -0.39 is 6.09 Å². The van der Waals surface area contributed by atoms with Crippen LogP contribution in [0.4, 0.5) is 14.9 Å². The van der Waals surface area contributed by atoms with Crippen molar-refractivity contribution in [2.24, 2.45) is 0 Å². The van der Waals surface area contributed by atoms with Crippen molar-refractivity contribution in [2.45, 2.75) is 6.54 Å². The fraction of sp³-hybridized carbons (Fsp3) is 0.125. The third kappa shape index (κ3) is 4.92. The van der Waals surface area contributed by atoms with E-state index in [1.165, 1.54) is 25.3 Å². The minimum atomic E-state index is -0.545. The molecule has 0 fully saturated rings. The summed E-state index contributed by atoms with van der Waals surface area (Å²) >= 11 is 1.92. The van der Waals surface area contributed by atoms with Gasteiger partial charge in [-0.1, -0.05) is 12.1 Å². The number of halogens is 2. The molecule has 0 radical (unpaired) electrons. The molecule has 2 N–H and O–H groups in total. The van der Waals surface area contributed by atoms with Crippen molar-refractivity contribution < 1.29 is 18.7 Å². The molecule has 0 heterocycles. The molecule has 0 bridgehead atoms. The Balaban J connectivity index is 1.95. The molecule has 0 saturated carbocycles. The van der Waals surface area contributed by atoms with Crippen LogP contribution in [0.1, 0.15) is 15.9 Å². The molecule has 0 spiro atoms. The number of carbonyl (C=O) groups is 2. The molecule has 120 valence electrons. The van der Waals surface area contributed by atoms with Gasteiger partial charge in [-0.25, -0.2) is 9.18 Å². The average molecular weight is 428 g/mol. The zero-order valence-electron chi connectivity index (χ0n) is 12.2. The van der Waals surface area contributed by atoms with Crippen molar-refractivity contribution >= 4 is 40.3 Å². The first-order chi connectivity index (χ1) is 11.0. The fourth-order valence-electron chi connectivity index (χ4n) is 1.83. The Morgan fingerprint density at radius 3 is 2.48 bits per heavy atom. The van der Waals surface area contributed by atoms with E-state index in [1.54, 1.807) is 24.3 Å². The molecule has 0 aliphatic carbocycles. The molecule has 2 aromatic carbocycles. The molecular formula is C16H14FIN2O3. The number of benzene rings is 2. The number of amides is 2. The van der Waals surface area contributed by atoms with Crippen LogP contribution in [0.3, 0.4) is 0 Å². The molecule has 0 aliphatic rings. The Morgan fingerprint density at radius 2 is 1.87 bits per heavy atom. The largest absolute Gasteiger partial charge is 0.453 e. The second kappa shape index (κ2) is 7.91. The first-order valence-corrected chi connectivity index (χ1v) is 7.74. The number of anilines is 1. The van der Waals surface area contributed by atoms with Gasteiger partial charge in [0.1, 0.15) is 5.82 Å². The van der Waals surface area contributed by atoms with Gasteiger partial charge in [0.15, 0.2) is 0 Å². The Kier molecular flexibility index (Phi) is 5.91. The van der Waals surface area contributed by atoms with Gasteiger partial charge < -0.3 is 10.1 Å². The Labute approximate surface area is 146 Å². The lowest BCUT2D eigenvalue weighted by Crippen LogP contribution is -2.23. The summed E-state index contributed by atoms with van der Waals surface area (Å²) in [5, 5.41) is 5.31. The van der Waals surface area contributed by atoms with Gasteiger partial charge in [-0.15, -0.1) is 0 Å². The summed E-state index contributed by atoms with van der Waals surface area (Å²) in [5.41, 5.74) is 1.89. The Hall–Kier alpha value is -2.16. The van der Waals surface area contributed by atoms with Crippen molar-refractivity contribution in [3.8, 4) is 0 Å². The van der Waals surface area contributed by atoms with Gasteiger partial charge in [0.25, 0.3) is 5.91 Å². The molecule has 0 atom stereocenters. The maximum Gasteiger partial charge on any atom is 0.411 e. The number of ether oxygens (including phenoxy) is 1.